The number of rotatable bonds is 1. The third kappa shape index (κ3) is 3.64. The van der Waals surface area contributed by atoms with Gasteiger partial charge in [-0.05, 0) is 18.2 Å². The van der Waals surface area contributed by atoms with Crippen LogP contribution in [-0.4, -0.2) is 33.3 Å². The lowest BCUT2D eigenvalue weighted by Crippen LogP contribution is -2.21. The summed E-state index contributed by atoms with van der Waals surface area (Å²) in [6.45, 7) is 0. The van der Waals surface area contributed by atoms with Crippen LogP contribution < -0.4 is 5.73 Å². The first-order chi connectivity index (χ1) is 9.12. The number of aromatic carboxylic acids is 1. The number of aliphatic carboxylic acids is 1. The second kappa shape index (κ2) is 5.51. The zero-order valence-corrected chi connectivity index (χ0v) is 9.73. The molecule has 2 rings (SSSR count). The maximum Gasteiger partial charge on any atom is 0.490 e. The van der Waals surface area contributed by atoms with E-state index in [2.05, 4.69) is 4.98 Å². The predicted octanol–water partition coefficient (Wildman–Crippen LogP) is 2.08. The third-order valence-electron chi connectivity index (χ3n) is 2.17. The number of halogens is 3. The van der Waals surface area contributed by atoms with Crippen LogP contribution in [0.4, 0.5) is 18.9 Å². The molecule has 1 heterocycles. The fourth-order valence-corrected chi connectivity index (χ4v) is 1.29. The number of nitrogen functional groups attached to an aromatic ring is 1. The van der Waals surface area contributed by atoms with Gasteiger partial charge < -0.3 is 20.9 Å². The summed E-state index contributed by atoms with van der Waals surface area (Å²) < 4.78 is 31.7. The Bertz CT molecular complexity index is 649. The third-order valence-corrected chi connectivity index (χ3v) is 2.17. The Morgan fingerprint density at radius 1 is 1.20 bits per heavy atom. The van der Waals surface area contributed by atoms with E-state index < -0.39 is 18.1 Å². The second-order valence-corrected chi connectivity index (χ2v) is 3.60. The van der Waals surface area contributed by atoms with Gasteiger partial charge in [0.05, 0.1) is 0 Å². The van der Waals surface area contributed by atoms with Crippen molar-refractivity contribution in [2.24, 2.45) is 0 Å². The number of hydrogen-bond donors (Lipinski definition) is 4. The Balaban J connectivity index is 0.000000246. The van der Waals surface area contributed by atoms with Gasteiger partial charge in [0.15, 0.2) is 0 Å². The van der Waals surface area contributed by atoms with Crippen molar-refractivity contribution in [3.8, 4) is 0 Å². The number of aromatic amines is 1. The number of alkyl halides is 3. The number of hydrogen-bond acceptors (Lipinski definition) is 3. The molecule has 0 saturated carbocycles. The Morgan fingerprint density at radius 3 is 2.15 bits per heavy atom. The first kappa shape index (κ1) is 15.3. The zero-order chi connectivity index (χ0) is 15.5. The molecule has 108 valence electrons. The molecule has 0 saturated heterocycles. The number of nitrogens with two attached hydrogens (primary N) is 1. The van der Waals surface area contributed by atoms with Crippen molar-refractivity contribution < 1.29 is 33.0 Å². The first-order valence-electron chi connectivity index (χ1n) is 5.03. The summed E-state index contributed by atoms with van der Waals surface area (Å²) in [5.74, 6) is -3.73. The number of H-pyrrole nitrogens is 1. The van der Waals surface area contributed by atoms with E-state index in [1.165, 1.54) is 6.07 Å². The van der Waals surface area contributed by atoms with Gasteiger partial charge in [0.1, 0.15) is 5.69 Å². The average Bonchev–Trinajstić information content (AvgIpc) is 2.74. The Morgan fingerprint density at radius 2 is 1.75 bits per heavy atom. The first-order valence-corrected chi connectivity index (χ1v) is 5.03. The normalized spacial score (nSPS) is 10.8. The minimum Gasteiger partial charge on any atom is -0.477 e. The molecule has 5 N–H and O–H groups in total. The molecule has 0 aliphatic rings. The van der Waals surface area contributed by atoms with Crippen molar-refractivity contribution in [1.82, 2.24) is 4.98 Å². The SMILES string of the molecule is Nc1cccc2[nH]c(C(=O)O)cc12.O=C(O)C(F)(F)F. The number of carboxylic acids is 2. The topological polar surface area (TPSA) is 116 Å². The van der Waals surface area contributed by atoms with Crippen LogP contribution in [0.5, 0.6) is 0 Å². The molecule has 0 atom stereocenters. The van der Waals surface area contributed by atoms with Crippen LogP contribution in [0.25, 0.3) is 10.9 Å². The average molecular weight is 290 g/mol. The van der Waals surface area contributed by atoms with E-state index >= 15 is 0 Å². The summed E-state index contributed by atoms with van der Waals surface area (Å²) in [4.78, 5) is 22.3. The minimum atomic E-state index is -5.08. The monoisotopic (exact) mass is 290 g/mol. The molecule has 0 bridgehead atoms. The quantitative estimate of drug-likeness (QED) is 0.600. The van der Waals surface area contributed by atoms with Crippen LogP contribution in [0.1, 0.15) is 10.5 Å². The van der Waals surface area contributed by atoms with Crippen molar-refractivity contribution in [2.45, 2.75) is 6.18 Å². The molecular weight excluding hydrogens is 281 g/mol. The Kier molecular flexibility index (Phi) is 4.23. The number of anilines is 1. The van der Waals surface area contributed by atoms with Crippen LogP contribution in [0.3, 0.4) is 0 Å². The van der Waals surface area contributed by atoms with Gasteiger partial charge in [-0.25, -0.2) is 9.59 Å². The summed E-state index contributed by atoms with van der Waals surface area (Å²) in [6, 6.07) is 6.84. The molecule has 0 radical (unpaired) electrons. The van der Waals surface area contributed by atoms with Crippen LogP contribution in [0.2, 0.25) is 0 Å². The molecule has 0 aliphatic heterocycles. The summed E-state index contributed by atoms with van der Waals surface area (Å²) in [5, 5.41) is 16.6. The van der Waals surface area contributed by atoms with E-state index in [0.29, 0.717) is 5.69 Å². The molecule has 0 amide bonds. The second-order valence-electron chi connectivity index (χ2n) is 3.60. The van der Waals surface area contributed by atoms with Gasteiger partial charge in [-0.15, -0.1) is 0 Å². The fourth-order valence-electron chi connectivity index (χ4n) is 1.29. The number of nitrogens with one attached hydrogen (secondary N) is 1. The number of benzene rings is 1. The lowest BCUT2D eigenvalue weighted by Gasteiger charge is -1.93. The number of carboxylic acid groups (broad SMARTS) is 2. The van der Waals surface area contributed by atoms with E-state index in [1.54, 1.807) is 18.2 Å². The molecule has 9 heteroatoms. The number of carbonyl (C=O) groups is 2. The molecular formula is C11H9F3N2O4. The summed E-state index contributed by atoms with van der Waals surface area (Å²) >= 11 is 0. The van der Waals surface area contributed by atoms with Gasteiger partial charge in [-0.1, -0.05) is 6.07 Å². The van der Waals surface area contributed by atoms with Gasteiger partial charge >= 0.3 is 18.1 Å². The van der Waals surface area contributed by atoms with Gasteiger partial charge in [-0.2, -0.15) is 13.2 Å². The van der Waals surface area contributed by atoms with Crippen LogP contribution in [0, 0.1) is 0 Å². The lowest BCUT2D eigenvalue weighted by molar-refractivity contribution is -0.192. The Labute approximate surface area is 109 Å². The molecule has 0 unspecified atom stereocenters. The van der Waals surface area contributed by atoms with E-state index in [9.17, 15) is 18.0 Å². The highest BCUT2D eigenvalue weighted by Crippen LogP contribution is 2.21. The highest BCUT2D eigenvalue weighted by atomic mass is 19.4. The molecule has 1 aromatic heterocycles. The minimum absolute atomic E-state index is 0.160. The highest BCUT2D eigenvalue weighted by Gasteiger charge is 2.38. The van der Waals surface area contributed by atoms with Gasteiger partial charge in [0.2, 0.25) is 0 Å². The number of fused-ring (bicyclic) bond motifs is 1. The molecule has 6 nitrogen and oxygen atoms in total. The Hall–Kier alpha value is -2.71. The smallest absolute Gasteiger partial charge is 0.477 e. The molecule has 2 aromatic rings. The molecule has 0 spiro atoms. The van der Waals surface area contributed by atoms with E-state index in [1.807, 2.05) is 0 Å². The maximum absolute atomic E-state index is 10.6. The zero-order valence-electron chi connectivity index (χ0n) is 9.73. The molecule has 0 fully saturated rings. The van der Waals surface area contributed by atoms with Crippen molar-refractivity contribution >= 4 is 28.5 Å². The maximum atomic E-state index is 10.6. The lowest BCUT2D eigenvalue weighted by atomic mass is 10.2. The van der Waals surface area contributed by atoms with Crippen LogP contribution in [0.15, 0.2) is 24.3 Å². The molecule has 20 heavy (non-hydrogen) atoms. The summed E-state index contributed by atoms with van der Waals surface area (Å²) in [5.41, 5.74) is 7.15. The fraction of sp³-hybridized carbons (Fsp3) is 0.0909. The molecule has 1 aromatic carbocycles. The molecule has 0 aliphatic carbocycles. The van der Waals surface area contributed by atoms with Crippen molar-refractivity contribution in [3.63, 3.8) is 0 Å². The van der Waals surface area contributed by atoms with E-state index in [4.69, 9.17) is 20.7 Å². The van der Waals surface area contributed by atoms with Crippen molar-refractivity contribution in [1.29, 1.82) is 0 Å². The van der Waals surface area contributed by atoms with Crippen molar-refractivity contribution in [2.75, 3.05) is 5.73 Å². The van der Waals surface area contributed by atoms with Crippen molar-refractivity contribution in [3.05, 3.63) is 30.0 Å². The predicted molar refractivity (Wildman–Crippen MR) is 63.4 cm³/mol. The van der Waals surface area contributed by atoms with E-state index in [0.717, 1.165) is 10.9 Å². The van der Waals surface area contributed by atoms with Crippen LogP contribution >= 0.6 is 0 Å². The van der Waals surface area contributed by atoms with Gasteiger partial charge in [0, 0.05) is 16.6 Å². The number of aromatic nitrogens is 1. The van der Waals surface area contributed by atoms with E-state index in [-0.39, 0.29) is 5.69 Å². The largest absolute Gasteiger partial charge is 0.490 e. The highest BCUT2D eigenvalue weighted by molar-refractivity contribution is 5.98. The van der Waals surface area contributed by atoms with Crippen LogP contribution in [-0.2, 0) is 4.79 Å². The summed E-state index contributed by atoms with van der Waals surface area (Å²) in [6.07, 6.45) is -5.08. The van der Waals surface area contributed by atoms with Gasteiger partial charge in [-0.3, -0.25) is 0 Å². The summed E-state index contributed by atoms with van der Waals surface area (Å²) in [7, 11) is 0. The van der Waals surface area contributed by atoms with Gasteiger partial charge in [0.25, 0.3) is 0 Å². The standard InChI is InChI=1S/C9H8N2O2.C2HF3O2/c10-6-2-1-3-7-5(6)4-8(11-7)9(12)13;3-2(4,5)1(6)7/h1-4,11H,10H2,(H,12,13);(H,6,7).